The SMILES string of the molecule is CN(C)CCOc1cc(-c2cn[nH]c2)ccc1NC(=O)C(O)c1ccc(C(F)(F)F)cc1. The summed E-state index contributed by atoms with van der Waals surface area (Å²) < 4.78 is 44.0. The molecule has 1 amide bonds. The van der Waals surface area contributed by atoms with Gasteiger partial charge in [0.05, 0.1) is 17.4 Å². The number of hydrogen-bond acceptors (Lipinski definition) is 5. The molecule has 0 saturated heterocycles. The maximum absolute atomic E-state index is 12.7. The maximum atomic E-state index is 12.7. The average Bonchev–Trinajstić information content (AvgIpc) is 3.28. The number of halogens is 3. The standard InChI is InChI=1S/C22H23F3N4O3/c1-29(2)9-10-32-19-11-15(16-12-26-27-13-16)5-8-18(19)28-21(31)20(30)14-3-6-17(7-4-14)22(23,24)25/h3-8,11-13,20,30H,9-10H2,1-2H3,(H,26,27)(H,28,31). The molecule has 1 unspecified atom stereocenters. The molecule has 1 aromatic heterocycles. The Morgan fingerprint density at radius 3 is 2.50 bits per heavy atom. The molecule has 3 N–H and O–H groups in total. The molecule has 10 heteroatoms. The van der Waals surface area contributed by atoms with Crippen molar-refractivity contribution in [2.24, 2.45) is 0 Å². The van der Waals surface area contributed by atoms with Gasteiger partial charge in [-0.25, -0.2) is 0 Å². The number of aliphatic hydroxyl groups excluding tert-OH is 1. The van der Waals surface area contributed by atoms with E-state index in [2.05, 4.69) is 15.5 Å². The Hall–Kier alpha value is -3.37. The number of aromatic amines is 1. The summed E-state index contributed by atoms with van der Waals surface area (Å²) in [4.78, 5) is 14.5. The maximum Gasteiger partial charge on any atom is 0.416 e. The summed E-state index contributed by atoms with van der Waals surface area (Å²) in [5, 5.41) is 19.6. The lowest BCUT2D eigenvalue weighted by Crippen LogP contribution is -2.22. The van der Waals surface area contributed by atoms with E-state index in [1.807, 2.05) is 19.0 Å². The molecule has 3 aromatic rings. The summed E-state index contributed by atoms with van der Waals surface area (Å²) in [5.74, 6) is -0.406. The lowest BCUT2D eigenvalue weighted by Gasteiger charge is -2.17. The van der Waals surface area contributed by atoms with Crippen LogP contribution in [0.3, 0.4) is 0 Å². The smallest absolute Gasteiger partial charge is 0.416 e. The second-order valence-electron chi connectivity index (χ2n) is 7.36. The third-order valence-corrected chi connectivity index (χ3v) is 4.67. The number of aromatic nitrogens is 2. The molecule has 0 bridgehead atoms. The number of carbonyl (C=O) groups excluding carboxylic acids is 1. The third kappa shape index (κ3) is 5.86. The van der Waals surface area contributed by atoms with E-state index < -0.39 is 23.8 Å². The minimum absolute atomic E-state index is 0.0422. The Bertz CT molecular complexity index is 1040. The van der Waals surface area contributed by atoms with E-state index in [1.165, 1.54) is 0 Å². The van der Waals surface area contributed by atoms with Crippen LogP contribution in [0.5, 0.6) is 5.75 Å². The summed E-state index contributed by atoms with van der Waals surface area (Å²) in [5.41, 5.74) is 1.14. The van der Waals surface area contributed by atoms with E-state index in [-0.39, 0.29) is 5.56 Å². The molecule has 0 aliphatic carbocycles. The summed E-state index contributed by atoms with van der Waals surface area (Å²) in [7, 11) is 3.79. The Balaban J connectivity index is 1.78. The predicted molar refractivity (Wildman–Crippen MR) is 113 cm³/mol. The molecule has 0 aliphatic rings. The number of nitrogens with zero attached hydrogens (tertiary/aromatic N) is 2. The second-order valence-corrected chi connectivity index (χ2v) is 7.36. The molecule has 3 rings (SSSR count). The number of H-pyrrole nitrogens is 1. The predicted octanol–water partition coefficient (Wildman–Crippen LogP) is 3.71. The van der Waals surface area contributed by atoms with Gasteiger partial charge in [-0.05, 0) is 49.5 Å². The number of rotatable bonds is 8. The molecular formula is C22H23F3N4O3. The van der Waals surface area contributed by atoms with Crippen LogP contribution >= 0.6 is 0 Å². The van der Waals surface area contributed by atoms with Crippen molar-refractivity contribution < 1.29 is 27.8 Å². The molecule has 2 aromatic carbocycles. The van der Waals surface area contributed by atoms with E-state index in [4.69, 9.17) is 4.74 Å². The molecule has 1 heterocycles. The van der Waals surface area contributed by atoms with Gasteiger partial charge < -0.3 is 20.1 Å². The number of likely N-dealkylation sites (N-methyl/N-ethyl adjacent to an activating group) is 1. The van der Waals surface area contributed by atoms with Crippen molar-refractivity contribution in [1.29, 1.82) is 0 Å². The molecule has 170 valence electrons. The van der Waals surface area contributed by atoms with Crippen molar-refractivity contribution in [3.05, 3.63) is 66.0 Å². The van der Waals surface area contributed by atoms with Gasteiger partial charge in [0.25, 0.3) is 5.91 Å². The number of aliphatic hydroxyl groups is 1. The zero-order valence-electron chi connectivity index (χ0n) is 17.5. The van der Waals surface area contributed by atoms with Gasteiger partial charge >= 0.3 is 6.18 Å². The van der Waals surface area contributed by atoms with Crippen molar-refractivity contribution in [2.75, 3.05) is 32.6 Å². The van der Waals surface area contributed by atoms with Crippen LogP contribution in [0.1, 0.15) is 17.2 Å². The summed E-state index contributed by atoms with van der Waals surface area (Å²) in [6.45, 7) is 0.990. The van der Waals surface area contributed by atoms with Crippen LogP contribution in [-0.2, 0) is 11.0 Å². The molecule has 0 saturated carbocycles. The number of nitrogens with one attached hydrogen (secondary N) is 2. The highest BCUT2D eigenvalue weighted by Gasteiger charge is 2.30. The normalized spacial score (nSPS) is 12.6. The van der Waals surface area contributed by atoms with E-state index in [1.54, 1.807) is 30.6 Å². The molecule has 0 radical (unpaired) electrons. The molecule has 0 fully saturated rings. The number of benzene rings is 2. The molecule has 32 heavy (non-hydrogen) atoms. The first-order chi connectivity index (χ1) is 15.1. The average molecular weight is 448 g/mol. The Morgan fingerprint density at radius 1 is 1.19 bits per heavy atom. The van der Waals surface area contributed by atoms with Crippen LogP contribution in [0.25, 0.3) is 11.1 Å². The Morgan fingerprint density at radius 2 is 1.91 bits per heavy atom. The van der Waals surface area contributed by atoms with Crippen molar-refractivity contribution in [2.45, 2.75) is 12.3 Å². The van der Waals surface area contributed by atoms with E-state index >= 15 is 0 Å². The topological polar surface area (TPSA) is 90.5 Å². The number of hydrogen-bond donors (Lipinski definition) is 3. The zero-order valence-corrected chi connectivity index (χ0v) is 17.5. The fraction of sp³-hybridized carbons (Fsp3) is 0.273. The number of anilines is 1. The largest absolute Gasteiger partial charge is 0.490 e. The highest BCUT2D eigenvalue weighted by molar-refractivity contribution is 5.96. The monoisotopic (exact) mass is 448 g/mol. The quantitative estimate of drug-likeness (QED) is 0.489. The van der Waals surface area contributed by atoms with Crippen molar-refractivity contribution in [1.82, 2.24) is 15.1 Å². The molecular weight excluding hydrogens is 425 g/mol. The summed E-state index contributed by atoms with van der Waals surface area (Å²) in [6.07, 6.45) is -2.79. The number of amides is 1. The van der Waals surface area contributed by atoms with E-state index in [0.29, 0.717) is 24.6 Å². The van der Waals surface area contributed by atoms with Gasteiger partial charge in [-0.2, -0.15) is 18.3 Å². The van der Waals surface area contributed by atoms with Gasteiger partial charge in [0, 0.05) is 18.3 Å². The lowest BCUT2D eigenvalue weighted by molar-refractivity contribution is -0.137. The highest BCUT2D eigenvalue weighted by atomic mass is 19.4. The Kier molecular flexibility index (Phi) is 7.16. The van der Waals surface area contributed by atoms with Crippen molar-refractivity contribution in [3.63, 3.8) is 0 Å². The van der Waals surface area contributed by atoms with Gasteiger partial charge in [0.1, 0.15) is 12.4 Å². The zero-order chi connectivity index (χ0) is 23.3. The first kappa shape index (κ1) is 23.3. The lowest BCUT2D eigenvalue weighted by atomic mass is 10.1. The van der Waals surface area contributed by atoms with Gasteiger partial charge in [-0.15, -0.1) is 0 Å². The van der Waals surface area contributed by atoms with Crippen LogP contribution in [0.4, 0.5) is 18.9 Å². The van der Waals surface area contributed by atoms with Crippen LogP contribution in [0.2, 0.25) is 0 Å². The second kappa shape index (κ2) is 9.84. The number of carbonyl (C=O) groups is 1. The van der Waals surface area contributed by atoms with E-state index in [0.717, 1.165) is 35.4 Å². The number of ether oxygens (including phenoxy) is 1. The van der Waals surface area contributed by atoms with Crippen molar-refractivity contribution in [3.8, 4) is 16.9 Å². The third-order valence-electron chi connectivity index (χ3n) is 4.67. The van der Waals surface area contributed by atoms with Crippen LogP contribution in [0.15, 0.2) is 54.9 Å². The van der Waals surface area contributed by atoms with Gasteiger partial charge in [0.15, 0.2) is 6.10 Å². The molecule has 0 aliphatic heterocycles. The fourth-order valence-corrected chi connectivity index (χ4v) is 2.88. The van der Waals surface area contributed by atoms with Gasteiger partial charge in [-0.3, -0.25) is 9.89 Å². The summed E-state index contributed by atoms with van der Waals surface area (Å²) >= 11 is 0. The first-order valence-corrected chi connectivity index (χ1v) is 9.72. The molecule has 1 atom stereocenters. The first-order valence-electron chi connectivity index (χ1n) is 9.72. The number of alkyl halides is 3. The minimum atomic E-state index is -4.50. The van der Waals surface area contributed by atoms with Gasteiger partial charge in [0.2, 0.25) is 0 Å². The van der Waals surface area contributed by atoms with Crippen molar-refractivity contribution >= 4 is 11.6 Å². The van der Waals surface area contributed by atoms with E-state index in [9.17, 15) is 23.1 Å². The summed E-state index contributed by atoms with van der Waals surface area (Å²) in [6, 6.07) is 8.91. The van der Waals surface area contributed by atoms with Crippen LogP contribution < -0.4 is 10.1 Å². The van der Waals surface area contributed by atoms with Gasteiger partial charge in [-0.1, -0.05) is 18.2 Å². The molecule has 0 spiro atoms. The highest BCUT2D eigenvalue weighted by Crippen LogP contribution is 2.32. The fourth-order valence-electron chi connectivity index (χ4n) is 2.88. The minimum Gasteiger partial charge on any atom is -0.490 e. The molecule has 7 nitrogen and oxygen atoms in total. The van der Waals surface area contributed by atoms with Crippen LogP contribution in [-0.4, -0.2) is 53.4 Å². The Labute approximate surface area is 182 Å². The van der Waals surface area contributed by atoms with Crippen LogP contribution in [0, 0.1) is 0 Å².